The molecule has 1 saturated heterocycles. The molecule has 0 aliphatic carbocycles. The number of rotatable bonds is 5. The maximum Gasteiger partial charge on any atom is 0.0499 e. The molecule has 4 atom stereocenters. The summed E-state index contributed by atoms with van der Waals surface area (Å²) in [6.45, 7) is 10.0. The minimum absolute atomic E-state index is 0.604. The molecule has 0 saturated carbocycles. The molecule has 96 valence electrons. The van der Waals surface area contributed by atoms with Gasteiger partial charge in [0.15, 0.2) is 0 Å². The van der Waals surface area contributed by atoms with Gasteiger partial charge in [0.05, 0.1) is 0 Å². The van der Waals surface area contributed by atoms with E-state index < -0.39 is 0 Å². The van der Waals surface area contributed by atoms with Crippen LogP contribution in [0.1, 0.15) is 27.2 Å². The molecule has 1 heterocycles. The predicted molar refractivity (Wildman–Crippen MR) is 68.7 cm³/mol. The van der Waals surface area contributed by atoms with E-state index >= 15 is 0 Å². The zero-order valence-electron chi connectivity index (χ0n) is 11.5. The monoisotopic (exact) mass is 228 g/mol. The zero-order valence-corrected chi connectivity index (χ0v) is 11.5. The number of piperidine rings is 1. The van der Waals surface area contributed by atoms with Crippen molar-refractivity contribution in [3.05, 3.63) is 0 Å². The SMILES string of the molecule is COCC(C)CNC1CC(C)N(C)CC1C. The Morgan fingerprint density at radius 2 is 2.12 bits per heavy atom. The van der Waals surface area contributed by atoms with Crippen LogP contribution < -0.4 is 5.32 Å². The van der Waals surface area contributed by atoms with Crippen LogP contribution in [0.15, 0.2) is 0 Å². The molecule has 16 heavy (non-hydrogen) atoms. The van der Waals surface area contributed by atoms with Crippen molar-refractivity contribution in [2.45, 2.75) is 39.3 Å². The summed E-state index contributed by atoms with van der Waals surface area (Å²) in [5, 5.41) is 3.70. The third kappa shape index (κ3) is 4.04. The molecule has 1 aliphatic rings. The Kier molecular flexibility index (Phi) is 5.73. The Labute approximate surface area is 101 Å². The Hall–Kier alpha value is -0.120. The van der Waals surface area contributed by atoms with Crippen molar-refractivity contribution in [1.82, 2.24) is 10.2 Å². The molecule has 0 aromatic rings. The minimum Gasteiger partial charge on any atom is -0.384 e. The van der Waals surface area contributed by atoms with Crippen molar-refractivity contribution in [2.24, 2.45) is 11.8 Å². The Bertz CT molecular complexity index is 198. The summed E-state index contributed by atoms with van der Waals surface area (Å²) >= 11 is 0. The van der Waals surface area contributed by atoms with Crippen LogP contribution in [-0.2, 0) is 4.74 Å². The van der Waals surface area contributed by atoms with Crippen LogP contribution >= 0.6 is 0 Å². The minimum atomic E-state index is 0.604. The van der Waals surface area contributed by atoms with Gasteiger partial charge in [-0.25, -0.2) is 0 Å². The van der Waals surface area contributed by atoms with E-state index in [9.17, 15) is 0 Å². The average Bonchev–Trinajstić information content (AvgIpc) is 2.22. The molecular formula is C13H28N2O. The van der Waals surface area contributed by atoms with E-state index in [0.717, 1.165) is 19.1 Å². The van der Waals surface area contributed by atoms with Crippen LogP contribution in [-0.4, -0.2) is 50.8 Å². The van der Waals surface area contributed by atoms with E-state index in [4.69, 9.17) is 4.74 Å². The smallest absolute Gasteiger partial charge is 0.0499 e. The fraction of sp³-hybridized carbons (Fsp3) is 1.00. The summed E-state index contributed by atoms with van der Waals surface area (Å²) in [5.74, 6) is 1.35. The molecule has 0 spiro atoms. The van der Waals surface area contributed by atoms with Crippen molar-refractivity contribution >= 4 is 0 Å². The lowest BCUT2D eigenvalue weighted by Crippen LogP contribution is -2.51. The Balaban J connectivity index is 2.30. The first kappa shape index (κ1) is 13.9. The highest BCUT2D eigenvalue weighted by molar-refractivity contribution is 4.86. The maximum absolute atomic E-state index is 5.16. The molecule has 3 nitrogen and oxygen atoms in total. The van der Waals surface area contributed by atoms with Crippen LogP contribution in [0.2, 0.25) is 0 Å². The second-order valence-corrected chi connectivity index (χ2v) is 5.58. The molecule has 1 aliphatic heterocycles. The summed E-state index contributed by atoms with van der Waals surface area (Å²) in [5.41, 5.74) is 0. The van der Waals surface area contributed by atoms with Crippen LogP contribution in [0.3, 0.4) is 0 Å². The van der Waals surface area contributed by atoms with Gasteiger partial charge in [-0.3, -0.25) is 0 Å². The summed E-state index contributed by atoms with van der Waals surface area (Å²) < 4.78 is 5.16. The van der Waals surface area contributed by atoms with Crippen LogP contribution in [0, 0.1) is 11.8 Å². The third-order valence-electron chi connectivity index (χ3n) is 3.79. The van der Waals surface area contributed by atoms with Crippen LogP contribution in [0.5, 0.6) is 0 Å². The highest BCUT2D eigenvalue weighted by atomic mass is 16.5. The summed E-state index contributed by atoms with van der Waals surface area (Å²) in [6, 6.07) is 1.37. The topological polar surface area (TPSA) is 24.5 Å². The molecule has 0 radical (unpaired) electrons. The molecule has 1 rings (SSSR count). The normalized spacial score (nSPS) is 33.9. The van der Waals surface area contributed by atoms with Crippen LogP contribution in [0.25, 0.3) is 0 Å². The molecule has 1 fully saturated rings. The molecule has 1 N–H and O–H groups in total. The number of likely N-dealkylation sites (tertiary alicyclic amines) is 1. The van der Waals surface area contributed by atoms with Gasteiger partial charge < -0.3 is 15.0 Å². The lowest BCUT2D eigenvalue weighted by molar-refractivity contribution is 0.112. The highest BCUT2D eigenvalue weighted by Gasteiger charge is 2.28. The molecule has 3 heteroatoms. The fourth-order valence-electron chi connectivity index (χ4n) is 2.52. The number of nitrogens with one attached hydrogen (secondary N) is 1. The quantitative estimate of drug-likeness (QED) is 0.773. The lowest BCUT2D eigenvalue weighted by atomic mass is 9.89. The summed E-state index contributed by atoms with van der Waals surface area (Å²) in [4.78, 5) is 2.46. The van der Waals surface area contributed by atoms with Crippen molar-refractivity contribution in [3.8, 4) is 0 Å². The van der Waals surface area contributed by atoms with Gasteiger partial charge >= 0.3 is 0 Å². The van der Waals surface area contributed by atoms with Crippen LogP contribution in [0.4, 0.5) is 0 Å². The standard InChI is InChI=1S/C13H28N2O/c1-10(9-16-5)7-14-13-6-12(3)15(4)8-11(13)2/h10-14H,6-9H2,1-5H3. The van der Waals surface area contributed by atoms with Crippen molar-refractivity contribution in [3.63, 3.8) is 0 Å². The van der Waals surface area contributed by atoms with E-state index in [1.54, 1.807) is 7.11 Å². The number of nitrogens with zero attached hydrogens (tertiary/aromatic N) is 1. The molecule has 0 amide bonds. The third-order valence-corrected chi connectivity index (χ3v) is 3.79. The largest absolute Gasteiger partial charge is 0.384 e. The van der Waals surface area contributed by atoms with E-state index in [1.165, 1.54) is 13.0 Å². The molecule has 4 unspecified atom stereocenters. The van der Waals surface area contributed by atoms with Gasteiger partial charge in [-0.1, -0.05) is 13.8 Å². The second kappa shape index (κ2) is 6.58. The lowest BCUT2D eigenvalue weighted by Gasteiger charge is -2.40. The van der Waals surface area contributed by atoms with E-state index in [1.807, 2.05) is 0 Å². The van der Waals surface area contributed by atoms with Gasteiger partial charge in [0.25, 0.3) is 0 Å². The van der Waals surface area contributed by atoms with Gasteiger partial charge in [0.2, 0.25) is 0 Å². The van der Waals surface area contributed by atoms with Crippen molar-refractivity contribution in [2.75, 3.05) is 33.9 Å². The van der Waals surface area contributed by atoms with Gasteiger partial charge in [0, 0.05) is 38.9 Å². The summed E-state index contributed by atoms with van der Waals surface area (Å²) in [6.07, 6.45) is 1.26. The zero-order chi connectivity index (χ0) is 12.1. The number of methoxy groups -OCH3 is 1. The summed E-state index contributed by atoms with van der Waals surface area (Å²) in [7, 11) is 4.00. The number of hydrogen-bond donors (Lipinski definition) is 1. The molecular weight excluding hydrogens is 200 g/mol. The van der Waals surface area contributed by atoms with E-state index in [0.29, 0.717) is 18.0 Å². The van der Waals surface area contributed by atoms with Crippen molar-refractivity contribution < 1.29 is 4.74 Å². The number of hydrogen-bond acceptors (Lipinski definition) is 3. The second-order valence-electron chi connectivity index (χ2n) is 5.58. The molecule has 0 aromatic heterocycles. The van der Waals surface area contributed by atoms with Gasteiger partial charge in [-0.15, -0.1) is 0 Å². The van der Waals surface area contributed by atoms with E-state index in [-0.39, 0.29) is 0 Å². The maximum atomic E-state index is 5.16. The van der Waals surface area contributed by atoms with Gasteiger partial charge in [-0.2, -0.15) is 0 Å². The number of ether oxygens (including phenoxy) is 1. The van der Waals surface area contributed by atoms with Gasteiger partial charge in [-0.05, 0) is 32.2 Å². The Morgan fingerprint density at radius 1 is 1.44 bits per heavy atom. The average molecular weight is 228 g/mol. The molecule has 0 aromatic carbocycles. The Morgan fingerprint density at radius 3 is 2.75 bits per heavy atom. The fourth-order valence-corrected chi connectivity index (χ4v) is 2.52. The first-order chi connectivity index (χ1) is 7.54. The first-order valence-corrected chi connectivity index (χ1v) is 6.47. The van der Waals surface area contributed by atoms with E-state index in [2.05, 4.69) is 38.0 Å². The van der Waals surface area contributed by atoms with Crippen molar-refractivity contribution in [1.29, 1.82) is 0 Å². The first-order valence-electron chi connectivity index (χ1n) is 6.47. The predicted octanol–water partition coefficient (Wildman–Crippen LogP) is 1.59. The highest BCUT2D eigenvalue weighted by Crippen LogP contribution is 2.20. The molecule has 0 bridgehead atoms. The van der Waals surface area contributed by atoms with Gasteiger partial charge in [0.1, 0.15) is 0 Å².